The minimum Gasteiger partial charge on any atom is -0.462 e. The summed E-state index contributed by atoms with van der Waals surface area (Å²) in [5, 5.41) is 11.5. The van der Waals surface area contributed by atoms with Crippen LogP contribution in [0.5, 0.6) is 0 Å². The van der Waals surface area contributed by atoms with Crippen molar-refractivity contribution in [1.29, 1.82) is 5.26 Å². The maximum Gasteiger partial charge on any atom is 0.338 e. The summed E-state index contributed by atoms with van der Waals surface area (Å²) in [6.45, 7) is 3.34. The number of nitrogens with zero attached hydrogens (tertiary/aromatic N) is 1. The number of esters is 1. The molecule has 1 heterocycles. The first kappa shape index (κ1) is 17.8. The molecule has 0 radical (unpaired) electrons. The number of amides is 1. The van der Waals surface area contributed by atoms with Gasteiger partial charge in [0.2, 0.25) is 5.91 Å². The third-order valence-electron chi connectivity index (χ3n) is 3.37. The smallest absolute Gasteiger partial charge is 0.338 e. The summed E-state index contributed by atoms with van der Waals surface area (Å²) in [7, 11) is 0. The Morgan fingerprint density at radius 3 is 2.54 bits per heavy atom. The Morgan fingerprint density at radius 2 is 2.00 bits per heavy atom. The average Bonchev–Trinajstić information content (AvgIpc) is 2.89. The number of nitrogens with one attached hydrogen (secondary N) is 1. The second kappa shape index (κ2) is 7.79. The zero-order chi connectivity index (χ0) is 17.7. The van der Waals surface area contributed by atoms with Crippen molar-refractivity contribution in [3.8, 4) is 6.07 Å². The molecule has 0 spiro atoms. The third kappa shape index (κ3) is 4.03. The number of hydrogen-bond acceptors (Lipinski definition) is 6. The number of benzene rings is 1. The molecule has 0 aromatic heterocycles. The van der Waals surface area contributed by atoms with Crippen LogP contribution in [0.3, 0.4) is 0 Å². The molecule has 2 rings (SSSR count). The van der Waals surface area contributed by atoms with E-state index in [1.54, 1.807) is 31.2 Å². The van der Waals surface area contributed by atoms with Crippen LogP contribution in [0.1, 0.15) is 29.8 Å². The van der Waals surface area contributed by atoms with Gasteiger partial charge in [-0.15, -0.1) is 0 Å². The van der Waals surface area contributed by atoms with Crippen molar-refractivity contribution < 1.29 is 19.1 Å². The molecule has 124 valence electrons. The van der Waals surface area contributed by atoms with Gasteiger partial charge in [-0.1, -0.05) is 23.9 Å². The van der Waals surface area contributed by atoms with Crippen molar-refractivity contribution in [3.63, 3.8) is 0 Å². The number of nitriles is 1. The summed E-state index contributed by atoms with van der Waals surface area (Å²) >= 11 is 1.18. The molecule has 0 aliphatic carbocycles. The van der Waals surface area contributed by atoms with Gasteiger partial charge in [-0.2, -0.15) is 5.26 Å². The Balaban J connectivity index is 2.09. The maximum absolute atomic E-state index is 12.0. The van der Waals surface area contributed by atoms with Gasteiger partial charge < -0.3 is 10.1 Å². The standard InChI is InChI=1S/C17H16N2O4S/c1-3-23-17(22)12-6-4-11(5-7-12)8-14-15(21)19-16(24-14)13(9-18)10(2)20/h4-7,14H,3,8H2,1-2H3,(H,19,21)/b16-13-. The fourth-order valence-electron chi connectivity index (χ4n) is 2.17. The molecule has 1 aromatic rings. The van der Waals surface area contributed by atoms with Crippen molar-refractivity contribution in [2.45, 2.75) is 25.5 Å². The first-order valence-electron chi connectivity index (χ1n) is 7.35. The minimum absolute atomic E-state index is 0.0338. The number of rotatable bonds is 5. The van der Waals surface area contributed by atoms with Gasteiger partial charge in [-0.25, -0.2) is 4.79 Å². The van der Waals surface area contributed by atoms with E-state index < -0.39 is 5.25 Å². The highest BCUT2D eigenvalue weighted by Gasteiger charge is 2.32. The first-order valence-corrected chi connectivity index (χ1v) is 8.23. The first-order chi connectivity index (χ1) is 11.5. The van der Waals surface area contributed by atoms with Gasteiger partial charge in [-0.05, 0) is 38.0 Å². The summed E-state index contributed by atoms with van der Waals surface area (Å²) < 4.78 is 4.92. The molecule has 0 bridgehead atoms. The Morgan fingerprint density at radius 1 is 1.33 bits per heavy atom. The zero-order valence-electron chi connectivity index (χ0n) is 13.3. The molecule has 1 fully saturated rings. The van der Waals surface area contributed by atoms with Gasteiger partial charge in [0.1, 0.15) is 11.6 Å². The largest absolute Gasteiger partial charge is 0.462 e. The van der Waals surface area contributed by atoms with Crippen molar-refractivity contribution >= 4 is 29.4 Å². The fourth-order valence-corrected chi connectivity index (χ4v) is 3.36. The number of allylic oxidation sites excluding steroid dienone is 1. The van der Waals surface area contributed by atoms with E-state index in [4.69, 9.17) is 10.00 Å². The average molecular weight is 344 g/mol. The molecule has 1 atom stereocenters. The SMILES string of the molecule is CCOC(=O)c1ccc(CC2S/C(=C(/C#N)C(C)=O)NC2=O)cc1. The summed E-state index contributed by atoms with van der Waals surface area (Å²) in [5.74, 6) is -0.999. The number of hydrogen-bond donors (Lipinski definition) is 1. The zero-order valence-corrected chi connectivity index (χ0v) is 14.1. The molecular formula is C17H16N2O4S. The van der Waals surface area contributed by atoms with E-state index in [0.717, 1.165) is 5.56 Å². The molecule has 1 N–H and O–H groups in total. The Hall–Kier alpha value is -2.59. The quantitative estimate of drug-likeness (QED) is 0.498. The van der Waals surface area contributed by atoms with Crippen molar-refractivity contribution in [3.05, 3.63) is 46.0 Å². The predicted octanol–water partition coefficient (Wildman–Crippen LogP) is 1.96. The number of thioether (sulfide) groups is 1. The molecule has 1 aliphatic heterocycles. The van der Waals surface area contributed by atoms with Crippen LogP contribution in [0.15, 0.2) is 34.9 Å². The fraction of sp³-hybridized carbons (Fsp3) is 0.294. The van der Waals surface area contributed by atoms with Crippen LogP contribution in [0.4, 0.5) is 0 Å². The summed E-state index contributed by atoms with van der Waals surface area (Å²) in [4.78, 5) is 35.0. The highest BCUT2D eigenvalue weighted by Crippen LogP contribution is 2.31. The Labute approximate surface area is 143 Å². The van der Waals surface area contributed by atoms with E-state index >= 15 is 0 Å². The second-order valence-corrected chi connectivity index (χ2v) is 6.30. The molecule has 1 aliphatic rings. The van der Waals surface area contributed by atoms with E-state index in [-0.39, 0.29) is 23.2 Å². The third-order valence-corrected chi connectivity index (χ3v) is 4.57. The van der Waals surface area contributed by atoms with Gasteiger partial charge in [-0.3, -0.25) is 9.59 Å². The lowest BCUT2D eigenvalue weighted by atomic mass is 10.1. The van der Waals surface area contributed by atoms with Crippen LogP contribution in [0, 0.1) is 11.3 Å². The molecule has 1 aromatic carbocycles. The Kier molecular flexibility index (Phi) is 5.77. The number of carbonyl (C=O) groups is 3. The van der Waals surface area contributed by atoms with Crippen LogP contribution in [-0.2, 0) is 20.7 Å². The maximum atomic E-state index is 12.0. The Bertz CT molecular complexity index is 747. The number of ketones is 1. The van der Waals surface area contributed by atoms with Crippen LogP contribution in [-0.4, -0.2) is 29.5 Å². The predicted molar refractivity (Wildman–Crippen MR) is 88.9 cm³/mol. The lowest BCUT2D eigenvalue weighted by Gasteiger charge is -2.07. The molecule has 24 heavy (non-hydrogen) atoms. The number of carbonyl (C=O) groups excluding carboxylic acids is 3. The van der Waals surface area contributed by atoms with Crippen molar-refractivity contribution in [2.75, 3.05) is 6.61 Å². The van der Waals surface area contributed by atoms with Crippen LogP contribution < -0.4 is 5.32 Å². The highest BCUT2D eigenvalue weighted by molar-refractivity contribution is 8.04. The van der Waals surface area contributed by atoms with Crippen LogP contribution in [0.2, 0.25) is 0 Å². The van der Waals surface area contributed by atoms with Crippen molar-refractivity contribution in [2.24, 2.45) is 0 Å². The van der Waals surface area contributed by atoms with E-state index in [2.05, 4.69) is 5.32 Å². The van der Waals surface area contributed by atoms with E-state index in [9.17, 15) is 14.4 Å². The number of Topliss-reactive ketones (excluding diaryl/α,β-unsaturated/α-hetero) is 1. The number of ether oxygens (including phenoxy) is 1. The lowest BCUT2D eigenvalue weighted by Crippen LogP contribution is -2.24. The van der Waals surface area contributed by atoms with Gasteiger partial charge >= 0.3 is 5.97 Å². The monoisotopic (exact) mass is 344 g/mol. The molecule has 6 nitrogen and oxygen atoms in total. The normalized spacial score (nSPS) is 18.5. The van der Waals surface area contributed by atoms with Crippen molar-refractivity contribution in [1.82, 2.24) is 5.32 Å². The molecular weight excluding hydrogens is 328 g/mol. The summed E-state index contributed by atoms with van der Waals surface area (Å²) in [5.41, 5.74) is 1.29. The van der Waals surface area contributed by atoms with E-state index in [0.29, 0.717) is 23.6 Å². The van der Waals surface area contributed by atoms with Gasteiger partial charge in [0.25, 0.3) is 0 Å². The van der Waals surface area contributed by atoms with Crippen LogP contribution in [0.25, 0.3) is 0 Å². The molecule has 1 amide bonds. The molecule has 0 saturated carbocycles. The summed E-state index contributed by atoms with van der Waals surface area (Å²) in [6.07, 6.45) is 0.430. The lowest BCUT2D eigenvalue weighted by molar-refractivity contribution is -0.119. The van der Waals surface area contributed by atoms with E-state index in [1.165, 1.54) is 18.7 Å². The van der Waals surface area contributed by atoms with Gasteiger partial charge in [0.05, 0.1) is 22.4 Å². The van der Waals surface area contributed by atoms with Crippen LogP contribution >= 0.6 is 11.8 Å². The highest BCUT2D eigenvalue weighted by atomic mass is 32.2. The minimum atomic E-state index is -0.420. The molecule has 7 heteroatoms. The van der Waals surface area contributed by atoms with Gasteiger partial charge in [0, 0.05) is 0 Å². The van der Waals surface area contributed by atoms with E-state index in [1.807, 2.05) is 6.07 Å². The molecule has 1 saturated heterocycles. The second-order valence-electron chi connectivity index (χ2n) is 5.09. The summed E-state index contributed by atoms with van der Waals surface area (Å²) in [6, 6.07) is 8.65. The molecule has 1 unspecified atom stereocenters. The van der Waals surface area contributed by atoms with Gasteiger partial charge in [0.15, 0.2) is 5.78 Å². The topological polar surface area (TPSA) is 96.3 Å².